The molecule has 0 saturated heterocycles. The van der Waals surface area contributed by atoms with Crippen molar-refractivity contribution in [2.45, 2.75) is 0 Å². The molecule has 12 heavy (non-hydrogen) atoms. The Balaban J connectivity index is 3.23. The Labute approximate surface area is 73.1 Å². The molecule has 0 bridgehead atoms. The Morgan fingerprint density at radius 2 is 2.33 bits per heavy atom. The van der Waals surface area contributed by atoms with Gasteiger partial charge in [0.15, 0.2) is 5.82 Å². The van der Waals surface area contributed by atoms with E-state index in [4.69, 9.17) is 23.1 Å². The number of hydrogen-bond donors (Lipinski definition) is 2. The van der Waals surface area contributed by atoms with Gasteiger partial charge in [0.2, 0.25) is 5.28 Å². The van der Waals surface area contributed by atoms with Crippen LogP contribution in [0.1, 0.15) is 5.69 Å². The summed E-state index contributed by atoms with van der Waals surface area (Å²) < 4.78 is 12.8. The monoisotopic (exact) mass is 188 g/mol. The van der Waals surface area contributed by atoms with Crippen LogP contribution >= 0.6 is 11.6 Å². The third kappa shape index (κ3) is 1.62. The maximum atomic E-state index is 12.8. The van der Waals surface area contributed by atoms with Gasteiger partial charge >= 0.3 is 0 Å². The second kappa shape index (κ2) is 3.36. The molecule has 6 heteroatoms. The van der Waals surface area contributed by atoms with Crippen molar-refractivity contribution in [1.82, 2.24) is 9.97 Å². The van der Waals surface area contributed by atoms with Gasteiger partial charge in [0.1, 0.15) is 5.69 Å². The zero-order valence-corrected chi connectivity index (χ0v) is 6.72. The number of nitrogens with two attached hydrogens (primary N) is 2. The van der Waals surface area contributed by atoms with E-state index >= 15 is 0 Å². The van der Waals surface area contributed by atoms with Crippen molar-refractivity contribution in [3.8, 4) is 0 Å². The highest BCUT2D eigenvalue weighted by Crippen LogP contribution is 2.11. The molecule has 0 aliphatic rings. The maximum absolute atomic E-state index is 12.8. The molecule has 1 aromatic heterocycles. The second-order valence-electron chi connectivity index (χ2n) is 1.96. The summed E-state index contributed by atoms with van der Waals surface area (Å²) in [5, 5.41) is -0.0730. The number of rotatable bonds is 1. The highest BCUT2D eigenvalue weighted by Gasteiger charge is 2.07. The molecule has 0 aliphatic heterocycles. The van der Waals surface area contributed by atoms with Crippen molar-refractivity contribution >= 4 is 17.3 Å². The van der Waals surface area contributed by atoms with Crippen LogP contribution in [0, 0.1) is 5.82 Å². The van der Waals surface area contributed by atoms with E-state index in [1.165, 1.54) is 0 Å². The van der Waals surface area contributed by atoms with E-state index in [2.05, 4.69) is 9.97 Å². The van der Waals surface area contributed by atoms with Crippen molar-refractivity contribution in [2.24, 2.45) is 11.5 Å². The maximum Gasteiger partial charge on any atom is 0.223 e. The van der Waals surface area contributed by atoms with Crippen LogP contribution in [0.3, 0.4) is 0 Å². The van der Waals surface area contributed by atoms with Crippen LogP contribution in [0.2, 0.25) is 5.28 Å². The predicted octanol–water partition coefficient (Wildman–Crippen LogP) is 0.485. The molecule has 0 saturated carbocycles. The molecule has 1 aromatic rings. The van der Waals surface area contributed by atoms with Crippen molar-refractivity contribution in [3.63, 3.8) is 0 Å². The first-order valence-electron chi connectivity index (χ1n) is 3.01. The van der Waals surface area contributed by atoms with Crippen LogP contribution in [0.15, 0.2) is 12.4 Å². The van der Waals surface area contributed by atoms with Gasteiger partial charge in [-0.25, -0.2) is 14.4 Å². The Bertz CT molecular complexity index is 325. The lowest BCUT2D eigenvalue weighted by atomic mass is 10.3. The van der Waals surface area contributed by atoms with Gasteiger partial charge in [-0.05, 0) is 11.6 Å². The average Bonchev–Trinajstić information content (AvgIpc) is 2.08. The summed E-state index contributed by atoms with van der Waals surface area (Å²) >= 11 is 5.41. The minimum absolute atomic E-state index is 0.0248. The molecular formula is C6H6ClFN4. The van der Waals surface area contributed by atoms with Crippen LogP contribution in [0.4, 0.5) is 4.39 Å². The molecule has 0 radical (unpaired) electrons. The standard InChI is InChI=1S/C6H6ClFN4/c7-6-11-2-3(8)5(12-6)4(10)1-9/h1-2H,9-10H2/b4-1-. The number of hydrogen-bond acceptors (Lipinski definition) is 4. The van der Waals surface area contributed by atoms with E-state index in [-0.39, 0.29) is 16.7 Å². The van der Waals surface area contributed by atoms with Gasteiger partial charge in [0.05, 0.1) is 11.9 Å². The topological polar surface area (TPSA) is 77.8 Å². The van der Waals surface area contributed by atoms with Crippen LogP contribution < -0.4 is 11.5 Å². The van der Waals surface area contributed by atoms with Gasteiger partial charge in [-0.1, -0.05) is 0 Å². The first-order valence-corrected chi connectivity index (χ1v) is 3.38. The van der Waals surface area contributed by atoms with Crippen molar-refractivity contribution in [3.05, 3.63) is 29.2 Å². The fraction of sp³-hybridized carbons (Fsp3) is 0. The molecule has 0 aliphatic carbocycles. The van der Waals surface area contributed by atoms with E-state index in [0.29, 0.717) is 0 Å². The van der Waals surface area contributed by atoms with E-state index < -0.39 is 5.82 Å². The van der Waals surface area contributed by atoms with E-state index in [1.54, 1.807) is 0 Å². The van der Waals surface area contributed by atoms with Gasteiger partial charge < -0.3 is 11.5 Å². The van der Waals surface area contributed by atoms with Gasteiger partial charge in [0, 0.05) is 6.20 Å². The smallest absolute Gasteiger partial charge is 0.223 e. The quantitative estimate of drug-likeness (QED) is 0.629. The van der Waals surface area contributed by atoms with Gasteiger partial charge in [-0.15, -0.1) is 0 Å². The Hall–Kier alpha value is -1.36. The third-order valence-corrected chi connectivity index (χ3v) is 1.35. The van der Waals surface area contributed by atoms with Crippen molar-refractivity contribution in [1.29, 1.82) is 0 Å². The summed E-state index contributed by atoms with van der Waals surface area (Å²) in [5.74, 6) is -0.654. The van der Waals surface area contributed by atoms with Gasteiger partial charge in [-0.3, -0.25) is 0 Å². The van der Waals surface area contributed by atoms with Crippen LogP contribution in [-0.2, 0) is 0 Å². The lowest BCUT2D eigenvalue weighted by Gasteiger charge is -2.00. The van der Waals surface area contributed by atoms with E-state index in [1.807, 2.05) is 0 Å². The van der Waals surface area contributed by atoms with Gasteiger partial charge in [-0.2, -0.15) is 0 Å². The van der Waals surface area contributed by atoms with E-state index in [0.717, 1.165) is 12.4 Å². The van der Waals surface area contributed by atoms with E-state index in [9.17, 15) is 4.39 Å². The Morgan fingerprint density at radius 1 is 1.67 bits per heavy atom. The summed E-state index contributed by atoms with van der Waals surface area (Å²) in [6.45, 7) is 0. The first kappa shape index (κ1) is 8.73. The minimum Gasteiger partial charge on any atom is -0.403 e. The molecule has 4 nitrogen and oxygen atoms in total. The summed E-state index contributed by atoms with van der Waals surface area (Å²) in [7, 11) is 0. The Kier molecular flexibility index (Phi) is 2.44. The fourth-order valence-electron chi connectivity index (χ4n) is 0.627. The predicted molar refractivity (Wildman–Crippen MR) is 43.4 cm³/mol. The molecule has 0 unspecified atom stereocenters. The fourth-order valence-corrected chi connectivity index (χ4v) is 0.760. The second-order valence-corrected chi connectivity index (χ2v) is 2.30. The van der Waals surface area contributed by atoms with Gasteiger partial charge in [0.25, 0.3) is 0 Å². The van der Waals surface area contributed by atoms with Crippen molar-refractivity contribution < 1.29 is 4.39 Å². The van der Waals surface area contributed by atoms with Crippen LogP contribution in [0.5, 0.6) is 0 Å². The summed E-state index contributed by atoms with van der Waals surface area (Å²) in [6.07, 6.45) is 1.97. The van der Waals surface area contributed by atoms with Crippen molar-refractivity contribution in [2.75, 3.05) is 0 Å². The zero-order chi connectivity index (χ0) is 9.14. The lowest BCUT2D eigenvalue weighted by molar-refractivity contribution is 0.608. The first-order chi connectivity index (χ1) is 5.65. The summed E-state index contributed by atoms with van der Waals surface area (Å²) in [5.41, 5.74) is 10.3. The van der Waals surface area contributed by atoms with Crippen LogP contribution in [0.25, 0.3) is 5.70 Å². The highest BCUT2D eigenvalue weighted by atomic mass is 35.5. The third-order valence-electron chi connectivity index (χ3n) is 1.17. The molecule has 0 amide bonds. The largest absolute Gasteiger partial charge is 0.403 e. The Morgan fingerprint density at radius 3 is 2.92 bits per heavy atom. The SMILES string of the molecule is N/C=C(\N)c1nc(Cl)ncc1F. The normalized spacial score (nSPS) is 11.7. The highest BCUT2D eigenvalue weighted by molar-refractivity contribution is 6.28. The lowest BCUT2D eigenvalue weighted by Crippen LogP contribution is -2.05. The molecular weight excluding hydrogens is 183 g/mol. The molecule has 0 atom stereocenters. The molecule has 0 spiro atoms. The molecule has 0 aromatic carbocycles. The van der Waals surface area contributed by atoms with Crippen LogP contribution in [-0.4, -0.2) is 9.97 Å². The minimum atomic E-state index is -0.654. The number of aromatic nitrogens is 2. The summed E-state index contributed by atoms with van der Waals surface area (Å²) in [4.78, 5) is 6.96. The molecule has 0 fully saturated rings. The number of halogens is 2. The molecule has 4 N–H and O–H groups in total. The number of nitrogens with zero attached hydrogens (tertiary/aromatic N) is 2. The molecule has 1 heterocycles. The zero-order valence-electron chi connectivity index (χ0n) is 5.96. The molecule has 64 valence electrons. The molecule has 1 rings (SSSR count). The average molecular weight is 189 g/mol. The summed E-state index contributed by atoms with van der Waals surface area (Å²) in [6, 6.07) is 0.